The van der Waals surface area contributed by atoms with Gasteiger partial charge in [0.25, 0.3) is 5.91 Å². The van der Waals surface area contributed by atoms with Crippen LogP contribution in [0.5, 0.6) is 5.75 Å². The molecule has 1 aliphatic rings. The highest BCUT2D eigenvalue weighted by atomic mass is 32.1. The van der Waals surface area contributed by atoms with Crippen LogP contribution in [0.15, 0.2) is 42.5 Å². The maximum atomic E-state index is 12.8. The Labute approximate surface area is 170 Å². The maximum absolute atomic E-state index is 12.8. The van der Waals surface area contributed by atoms with E-state index in [0.717, 1.165) is 48.3 Å². The first-order valence-corrected chi connectivity index (χ1v) is 10.7. The number of fused-ring (bicyclic) bond motifs is 1. The molecule has 4 rings (SSSR count). The summed E-state index contributed by atoms with van der Waals surface area (Å²) in [5, 5.41) is 1.20. The number of hydrogen-bond acceptors (Lipinski definition) is 4. The van der Waals surface area contributed by atoms with Crippen molar-refractivity contribution in [3.8, 4) is 5.75 Å². The molecule has 5 heteroatoms. The van der Waals surface area contributed by atoms with E-state index in [1.54, 1.807) is 11.3 Å². The second kappa shape index (κ2) is 7.92. The van der Waals surface area contributed by atoms with Crippen LogP contribution in [0.4, 0.5) is 0 Å². The number of para-hydroxylation sites is 1. The average molecular weight is 395 g/mol. The second-order valence-electron chi connectivity index (χ2n) is 7.70. The zero-order chi connectivity index (χ0) is 19.7. The molecule has 1 saturated heterocycles. The molecule has 146 valence electrons. The number of benzene rings is 2. The molecular formula is C23H26N2O2S. The number of likely N-dealkylation sites (tertiary alicyclic amines) is 1. The van der Waals surface area contributed by atoms with E-state index < -0.39 is 6.10 Å². The minimum atomic E-state index is -0.472. The van der Waals surface area contributed by atoms with Gasteiger partial charge in [0, 0.05) is 19.0 Å². The van der Waals surface area contributed by atoms with Gasteiger partial charge < -0.3 is 9.64 Å². The van der Waals surface area contributed by atoms with Crippen molar-refractivity contribution >= 4 is 27.5 Å². The van der Waals surface area contributed by atoms with Gasteiger partial charge in [-0.2, -0.15) is 0 Å². The van der Waals surface area contributed by atoms with E-state index in [1.165, 1.54) is 9.71 Å². The molecule has 1 fully saturated rings. The van der Waals surface area contributed by atoms with Crippen molar-refractivity contribution in [3.63, 3.8) is 0 Å². The molecule has 2 aromatic carbocycles. The fourth-order valence-electron chi connectivity index (χ4n) is 3.92. The number of rotatable bonds is 4. The van der Waals surface area contributed by atoms with Crippen molar-refractivity contribution < 1.29 is 9.53 Å². The van der Waals surface area contributed by atoms with Crippen LogP contribution in [0, 0.1) is 13.8 Å². The third-order valence-corrected chi connectivity index (χ3v) is 6.52. The number of ether oxygens (including phenoxy) is 1. The number of thiazole rings is 1. The predicted octanol–water partition coefficient (Wildman–Crippen LogP) is 5.09. The first kappa shape index (κ1) is 18.9. The third kappa shape index (κ3) is 4.04. The highest BCUT2D eigenvalue weighted by molar-refractivity contribution is 7.18. The van der Waals surface area contributed by atoms with Gasteiger partial charge in [-0.25, -0.2) is 4.98 Å². The third-order valence-electron chi connectivity index (χ3n) is 5.32. The molecule has 1 atom stereocenters. The minimum absolute atomic E-state index is 0.0712. The molecule has 1 aromatic heterocycles. The van der Waals surface area contributed by atoms with Gasteiger partial charge in [-0.1, -0.05) is 18.2 Å². The number of piperidine rings is 1. The molecule has 2 heterocycles. The summed E-state index contributed by atoms with van der Waals surface area (Å²) in [6.45, 7) is 7.46. The quantitative estimate of drug-likeness (QED) is 0.619. The van der Waals surface area contributed by atoms with Crippen LogP contribution >= 0.6 is 11.3 Å². The molecule has 0 unspecified atom stereocenters. The van der Waals surface area contributed by atoms with Gasteiger partial charge in [-0.05, 0) is 69.0 Å². The Balaban J connectivity index is 1.36. The Bertz CT molecular complexity index is 936. The Hall–Kier alpha value is -2.40. The van der Waals surface area contributed by atoms with E-state index >= 15 is 0 Å². The maximum Gasteiger partial charge on any atom is 0.263 e. The predicted molar refractivity (Wildman–Crippen MR) is 114 cm³/mol. The Morgan fingerprint density at radius 3 is 2.50 bits per heavy atom. The number of nitrogens with zero attached hydrogens (tertiary/aromatic N) is 2. The molecule has 0 saturated carbocycles. The monoisotopic (exact) mass is 394 g/mol. The zero-order valence-corrected chi connectivity index (χ0v) is 17.5. The lowest BCUT2D eigenvalue weighted by Crippen LogP contribution is -2.44. The SMILES string of the molecule is Cc1cc(C)cc(O[C@H](C)C(=O)N2CCC(c3nc4ccccc4s3)CC2)c1. The van der Waals surface area contributed by atoms with Crippen LogP contribution in [-0.4, -0.2) is 35.0 Å². The molecule has 1 aliphatic heterocycles. The van der Waals surface area contributed by atoms with Crippen molar-refractivity contribution in [2.75, 3.05) is 13.1 Å². The summed E-state index contributed by atoms with van der Waals surface area (Å²) in [7, 11) is 0. The van der Waals surface area contributed by atoms with E-state index in [4.69, 9.17) is 9.72 Å². The number of aryl methyl sites for hydroxylation is 2. The van der Waals surface area contributed by atoms with Gasteiger partial charge in [-0.3, -0.25) is 4.79 Å². The Kier molecular flexibility index (Phi) is 5.36. The topological polar surface area (TPSA) is 42.4 Å². The van der Waals surface area contributed by atoms with E-state index in [-0.39, 0.29) is 5.91 Å². The van der Waals surface area contributed by atoms with Crippen LogP contribution in [0.3, 0.4) is 0 Å². The summed E-state index contributed by atoms with van der Waals surface area (Å²) in [6.07, 6.45) is 1.45. The summed E-state index contributed by atoms with van der Waals surface area (Å²) in [5.41, 5.74) is 3.37. The fraction of sp³-hybridized carbons (Fsp3) is 0.391. The molecule has 1 amide bonds. The molecular weight excluding hydrogens is 368 g/mol. The second-order valence-corrected chi connectivity index (χ2v) is 8.77. The van der Waals surface area contributed by atoms with Crippen LogP contribution in [0.1, 0.15) is 41.8 Å². The lowest BCUT2D eigenvalue weighted by atomic mass is 9.97. The van der Waals surface area contributed by atoms with E-state index in [9.17, 15) is 4.79 Å². The number of carbonyl (C=O) groups excluding carboxylic acids is 1. The number of carbonyl (C=O) groups is 1. The molecule has 28 heavy (non-hydrogen) atoms. The largest absolute Gasteiger partial charge is 0.481 e. The highest BCUT2D eigenvalue weighted by Gasteiger charge is 2.29. The van der Waals surface area contributed by atoms with Crippen LogP contribution < -0.4 is 4.74 Å². The minimum Gasteiger partial charge on any atom is -0.481 e. The summed E-state index contributed by atoms with van der Waals surface area (Å²) in [6, 6.07) is 14.4. The first-order chi connectivity index (χ1) is 13.5. The molecule has 3 aromatic rings. The van der Waals surface area contributed by atoms with E-state index in [1.807, 2.05) is 43.9 Å². The van der Waals surface area contributed by atoms with Gasteiger partial charge in [0.2, 0.25) is 0 Å². The zero-order valence-electron chi connectivity index (χ0n) is 16.6. The standard InChI is InChI=1S/C23H26N2O2S/c1-15-12-16(2)14-19(13-15)27-17(3)23(26)25-10-8-18(9-11-25)22-24-20-6-4-5-7-21(20)28-22/h4-7,12-14,17-18H,8-11H2,1-3H3/t17-/m1/s1. The summed E-state index contributed by atoms with van der Waals surface area (Å²) >= 11 is 1.78. The summed E-state index contributed by atoms with van der Waals surface area (Å²) in [4.78, 5) is 19.6. The first-order valence-electron chi connectivity index (χ1n) is 9.89. The van der Waals surface area contributed by atoms with Crippen LogP contribution in [-0.2, 0) is 4.79 Å². The molecule has 0 bridgehead atoms. The molecule has 4 nitrogen and oxygen atoms in total. The van der Waals surface area contributed by atoms with Crippen LogP contribution in [0.25, 0.3) is 10.2 Å². The molecule has 0 aliphatic carbocycles. The van der Waals surface area contributed by atoms with Crippen molar-refractivity contribution in [2.24, 2.45) is 0 Å². The van der Waals surface area contributed by atoms with Crippen molar-refractivity contribution in [2.45, 2.75) is 45.6 Å². The normalized spacial score (nSPS) is 16.3. The number of amides is 1. The van der Waals surface area contributed by atoms with Gasteiger partial charge in [0.15, 0.2) is 6.10 Å². The smallest absolute Gasteiger partial charge is 0.263 e. The molecule has 0 spiro atoms. The van der Waals surface area contributed by atoms with Gasteiger partial charge in [0.1, 0.15) is 5.75 Å². The van der Waals surface area contributed by atoms with Crippen molar-refractivity contribution in [1.29, 1.82) is 0 Å². The lowest BCUT2D eigenvalue weighted by Gasteiger charge is -2.32. The summed E-state index contributed by atoms with van der Waals surface area (Å²) in [5.74, 6) is 1.28. The van der Waals surface area contributed by atoms with Gasteiger partial charge in [-0.15, -0.1) is 11.3 Å². The fourth-order valence-corrected chi connectivity index (χ4v) is 5.06. The van der Waals surface area contributed by atoms with Gasteiger partial charge >= 0.3 is 0 Å². The lowest BCUT2D eigenvalue weighted by molar-refractivity contribution is -0.139. The van der Waals surface area contributed by atoms with Gasteiger partial charge in [0.05, 0.1) is 15.2 Å². The average Bonchev–Trinajstić information content (AvgIpc) is 3.11. The van der Waals surface area contributed by atoms with E-state index in [2.05, 4.69) is 24.3 Å². The summed E-state index contributed by atoms with van der Waals surface area (Å²) < 4.78 is 7.18. The molecule has 0 N–H and O–H groups in total. The Morgan fingerprint density at radius 1 is 1.14 bits per heavy atom. The Morgan fingerprint density at radius 2 is 1.82 bits per heavy atom. The molecule has 0 radical (unpaired) electrons. The highest BCUT2D eigenvalue weighted by Crippen LogP contribution is 2.34. The van der Waals surface area contributed by atoms with Crippen LogP contribution in [0.2, 0.25) is 0 Å². The van der Waals surface area contributed by atoms with Crippen molar-refractivity contribution in [3.05, 3.63) is 58.6 Å². The number of aromatic nitrogens is 1. The van der Waals surface area contributed by atoms with Crippen molar-refractivity contribution in [1.82, 2.24) is 9.88 Å². The van der Waals surface area contributed by atoms with E-state index in [0.29, 0.717) is 5.92 Å². The number of hydrogen-bond donors (Lipinski definition) is 0.